The Kier molecular flexibility index (Phi) is 6.13. The molecule has 1 aromatic rings. The molecule has 0 fully saturated rings. The number of nitrogens with one attached hydrogen (secondary N) is 1. The second-order valence-corrected chi connectivity index (χ2v) is 4.82. The number of halogens is 1. The first-order valence-electron chi connectivity index (χ1n) is 6.75. The highest BCUT2D eigenvalue weighted by Crippen LogP contribution is 2.25. The average molecular weight is 253 g/mol. The SMILES string of the molecule is CCC(CC)Oc1c(F)cccc1CNC(C)C. The van der Waals surface area contributed by atoms with E-state index in [-0.39, 0.29) is 11.9 Å². The number of hydrogen-bond acceptors (Lipinski definition) is 2. The Labute approximate surface area is 110 Å². The second kappa shape index (κ2) is 7.37. The third kappa shape index (κ3) is 4.30. The minimum Gasteiger partial charge on any atom is -0.487 e. The monoisotopic (exact) mass is 253 g/mol. The van der Waals surface area contributed by atoms with Crippen molar-refractivity contribution in [3.63, 3.8) is 0 Å². The van der Waals surface area contributed by atoms with Gasteiger partial charge in [0.1, 0.15) is 0 Å². The van der Waals surface area contributed by atoms with Gasteiger partial charge in [0.15, 0.2) is 11.6 Å². The fourth-order valence-corrected chi connectivity index (χ4v) is 1.76. The second-order valence-electron chi connectivity index (χ2n) is 4.82. The summed E-state index contributed by atoms with van der Waals surface area (Å²) in [5.41, 5.74) is 0.885. The quantitative estimate of drug-likeness (QED) is 0.796. The van der Waals surface area contributed by atoms with Gasteiger partial charge < -0.3 is 10.1 Å². The zero-order chi connectivity index (χ0) is 13.5. The predicted octanol–water partition coefficient (Wildman–Crippen LogP) is 3.89. The Balaban J connectivity index is 2.86. The van der Waals surface area contributed by atoms with E-state index in [1.807, 2.05) is 6.07 Å². The van der Waals surface area contributed by atoms with Crippen molar-refractivity contribution in [1.82, 2.24) is 5.32 Å². The van der Waals surface area contributed by atoms with Crippen LogP contribution >= 0.6 is 0 Å². The van der Waals surface area contributed by atoms with Gasteiger partial charge in [0.25, 0.3) is 0 Å². The standard InChI is InChI=1S/C15H24FNO/c1-5-13(6-2)18-15-12(10-17-11(3)4)8-7-9-14(15)16/h7-9,11,13,17H,5-6,10H2,1-4H3. The molecule has 0 atom stereocenters. The van der Waals surface area contributed by atoms with Crippen molar-refractivity contribution in [3.8, 4) is 5.75 Å². The summed E-state index contributed by atoms with van der Waals surface area (Å²) in [6.07, 6.45) is 1.86. The minimum atomic E-state index is -0.273. The van der Waals surface area contributed by atoms with E-state index in [0.717, 1.165) is 18.4 Å². The van der Waals surface area contributed by atoms with Gasteiger partial charge >= 0.3 is 0 Å². The van der Waals surface area contributed by atoms with E-state index in [1.165, 1.54) is 6.07 Å². The van der Waals surface area contributed by atoms with E-state index in [4.69, 9.17) is 4.74 Å². The summed E-state index contributed by atoms with van der Waals surface area (Å²) in [4.78, 5) is 0. The summed E-state index contributed by atoms with van der Waals surface area (Å²) in [7, 11) is 0. The van der Waals surface area contributed by atoms with Gasteiger partial charge in [-0.1, -0.05) is 39.8 Å². The molecule has 0 aliphatic heterocycles. The van der Waals surface area contributed by atoms with Gasteiger partial charge in [-0.05, 0) is 18.9 Å². The van der Waals surface area contributed by atoms with E-state index >= 15 is 0 Å². The van der Waals surface area contributed by atoms with Gasteiger partial charge in [0.2, 0.25) is 0 Å². The molecular formula is C15H24FNO. The molecule has 0 aliphatic rings. The van der Waals surface area contributed by atoms with E-state index in [1.54, 1.807) is 6.07 Å². The fourth-order valence-electron chi connectivity index (χ4n) is 1.76. The highest BCUT2D eigenvalue weighted by Gasteiger charge is 2.14. The normalized spacial score (nSPS) is 11.3. The minimum absolute atomic E-state index is 0.0831. The summed E-state index contributed by atoms with van der Waals surface area (Å²) in [6.45, 7) is 8.88. The van der Waals surface area contributed by atoms with E-state index in [2.05, 4.69) is 33.0 Å². The van der Waals surface area contributed by atoms with Crippen molar-refractivity contribution in [3.05, 3.63) is 29.6 Å². The molecule has 0 radical (unpaired) electrons. The molecule has 18 heavy (non-hydrogen) atoms. The first-order chi connectivity index (χ1) is 8.58. The lowest BCUT2D eigenvalue weighted by atomic mass is 10.1. The molecule has 0 amide bonds. The lowest BCUT2D eigenvalue weighted by Gasteiger charge is -2.19. The maximum atomic E-state index is 13.9. The maximum Gasteiger partial charge on any atom is 0.165 e. The average Bonchev–Trinajstić information content (AvgIpc) is 2.35. The first-order valence-corrected chi connectivity index (χ1v) is 6.75. The first kappa shape index (κ1) is 15.0. The number of ether oxygens (including phenoxy) is 1. The molecule has 0 saturated heterocycles. The number of rotatable bonds is 7. The maximum absolute atomic E-state index is 13.9. The number of hydrogen-bond donors (Lipinski definition) is 1. The van der Waals surface area contributed by atoms with Crippen LogP contribution in [0, 0.1) is 5.82 Å². The highest BCUT2D eigenvalue weighted by atomic mass is 19.1. The third-order valence-electron chi connectivity index (χ3n) is 2.94. The molecule has 0 aromatic heterocycles. The molecule has 0 heterocycles. The molecule has 0 saturated carbocycles. The zero-order valence-corrected chi connectivity index (χ0v) is 11.8. The van der Waals surface area contributed by atoms with Gasteiger partial charge in [-0.15, -0.1) is 0 Å². The molecule has 2 nitrogen and oxygen atoms in total. The van der Waals surface area contributed by atoms with Crippen molar-refractivity contribution >= 4 is 0 Å². The summed E-state index contributed by atoms with van der Waals surface area (Å²) in [6, 6.07) is 5.47. The Morgan fingerprint density at radius 3 is 2.44 bits per heavy atom. The summed E-state index contributed by atoms with van der Waals surface area (Å²) in [5.74, 6) is 0.129. The van der Waals surface area contributed by atoms with E-state index in [0.29, 0.717) is 18.3 Å². The summed E-state index contributed by atoms with van der Waals surface area (Å²) in [5, 5.41) is 3.29. The lowest BCUT2D eigenvalue weighted by molar-refractivity contribution is 0.182. The molecule has 0 bridgehead atoms. The van der Waals surface area contributed by atoms with Crippen LogP contribution in [-0.2, 0) is 6.54 Å². The van der Waals surface area contributed by atoms with E-state index < -0.39 is 0 Å². The predicted molar refractivity (Wildman–Crippen MR) is 73.4 cm³/mol. The van der Waals surface area contributed by atoms with Crippen LogP contribution in [0.5, 0.6) is 5.75 Å². The summed E-state index contributed by atoms with van der Waals surface area (Å²) >= 11 is 0. The van der Waals surface area contributed by atoms with Crippen molar-refractivity contribution in [2.45, 2.75) is 59.2 Å². The molecule has 0 aliphatic carbocycles. The molecular weight excluding hydrogens is 229 g/mol. The Hall–Kier alpha value is -1.09. The largest absolute Gasteiger partial charge is 0.487 e. The van der Waals surface area contributed by atoms with Crippen LogP contribution in [-0.4, -0.2) is 12.1 Å². The number of benzene rings is 1. The lowest BCUT2D eigenvalue weighted by Crippen LogP contribution is -2.23. The molecule has 0 spiro atoms. The topological polar surface area (TPSA) is 21.3 Å². The van der Waals surface area contributed by atoms with Crippen LogP contribution in [0.3, 0.4) is 0 Å². The fraction of sp³-hybridized carbons (Fsp3) is 0.600. The molecule has 1 rings (SSSR count). The highest BCUT2D eigenvalue weighted by molar-refractivity contribution is 5.35. The molecule has 0 unspecified atom stereocenters. The van der Waals surface area contributed by atoms with Crippen molar-refractivity contribution in [2.24, 2.45) is 0 Å². The van der Waals surface area contributed by atoms with Crippen LogP contribution < -0.4 is 10.1 Å². The smallest absolute Gasteiger partial charge is 0.165 e. The molecule has 1 aromatic carbocycles. The Morgan fingerprint density at radius 2 is 1.89 bits per heavy atom. The molecule has 3 heteroatoms. The summed E-state index contributed by atoms with van der Waals surface area (Å²) < 4.78 is 19.6. The van der Waals surface area contributed by atoms with Crippen LogP contribution in [0.2, 0.25) is 0 Å². The van der Waals surface area contributed by atoms with Crippen molar-refractivity contribution < 1.29 is 9.13 Å². The Morgan fingerprint density at radius 1 is 1.22 bits per heavy atom. The Bertz CT molecular complexity index is 362. The van der Waals surface area contributed by atoms with Gasteiger partial charge in [0, 0.05) is 18.2 Å². The molecule has 102 valence electrons. The molecule has 1 N–H and O–H groups in total. The van der Waals surface area contributed by atoms with Crippen LogP contribution in [0.1, 0.15) is 46.1 Å². The van der Waals surface area contributed by atoms with Crippen molar-refractivity contribution in [1.29, 1.82) is 0 Å². The van der Waals surface area contributed by atoms with Gasteiger partial charge in [-0.3, -0.25) is 0 Å². The van der Waals surface area contributed by atoms with Gasteiger partial charge in [-0.25, -0.2) is 4.39 Å². The van der Waals surface area contributed by atoms with Crippen molar-refractivity contribution in [2.75, 3.05) is 0 Å². The van der Waals surface area contributed by atoms with Crippen LogP contribution in [0.4, 0.5) is 4.39 Å². The van der Waals surface area contributed by atoms with Crippen LogP contribution in [0.15, 0.2) is 18.2 Å². The van der Waals surface area contributed by atoms with Gasteiger partial charge in [0.05, 0.1) is 6.10 Å². The third-order valence-corrected chi connectivity index (χ3v) is 2.94. The van der Waals surface area contributed by atoms with Crippen LogP contribution in [0.25, 0.3) is 0 Å². The zero-order valence-electron chi connectivity index (χ0n) is 11.8. The van der Waals surface area contributed by atoms with E-state index in [9.17, 15) is 4.39 Å². The van der Waals surface area contributed by atoms with Gasteiger partial charge in [-0.2, -0.15) is 0 Å². The number of para-hydroxylation sites is 1.